The molecule has 3 aromatic heterocycles. The normalized spacial score (nSPS) is 11.0. The van der Waals surface area contributed by atoms with Crippen molar-refractivity contribution in [3.8, 4) is 0 Å². The maximum Gasteiger partial charge on any atom is 0.172 e. The Bertz CT molecular complexity index is 802. The third-order valence-corrected chi connectivity index (χ3v) is 4.09. The molecule has 0 aliphatic heterocycles. The number of pyridine rings is 2. The van der Waals surface area contributed by atoms with Gasteiger partial charge in [0.2, 0.25) is 0 Å². The summed E-state index contributed by atoms with van der Waals surface area (Å²) in [4.78, 5) is 0. The Morgan fingerprint density at radius 3 is 2.64 bits per heavy atom. The summed E-state index contributed by atoms with van der Waals surface area (Å²) in [6.07, 6.45) is 5.05. The van der Waals surface area contributed by atoms with E-state index >= 15 is 0 Å². The van der Waals surface area contributed by atoms with E-state index in [0.29, 0.717) is 5.69 Å². The van der Waals surface area contributed by atoms with E-state index in [1.165, 1.54) is 11.1 Å². The standard InChI is InChI=1S/C17H22N5/c1-12-4-5-15-16(18)17(20-22(15)13(12)2)19-9-6-14-7-10-21(3)11-8-14/h4-5,7-8,10-11H,6,9,18H2,1-3H3,(H,19,20)/q+1. The number of hydrogen-bond donors (Lipinski definition) is 2. The number of nitrogens with one attached hydrogen (secondary N) is 1. The van der Waals surface area contributed by atoms with Gasteiger partial charge in [-0.15, -0.1) is 5.10 Å². The highest BCUT2D eigenvalue weighted by molar-refractivity contribution is 5.81. The lowest BCUT2D eigenvalue weighted by atomic mass is 10.2. The summed E-state index contributed by atoms with van der Waals surface area (Å²) in [5, 5.41) is 7.94. The number of anilines is 2. The zero-order valence-electron chi connectivity index (χ0n) is 13.3. The smallest absolute Gasteiger partial charge is 0.172 e. The molecular weight excluding hydrogens is 274 g/mol. The summed E-state index contributed by atoms with van der Waals surface area (Å²) < 4.78 is 3.94. The first-order valence-electron chi connectivity index (χ1n) is 7.48. The molecule has 22 heavy (non-hydrogen) atoms. The van der Waals surface area contributed by atoms with Crippen LogP contribution in [0.25, 0.3) is 5.52 Å². The van der Waals surface area contributed by atoms with Gasteiger partial charge in [0.15, 0.2) is 18.2 Å². The van der Waals surface area contributed by atoms with E-state index in [1.807, 2.05) is 22.2 Å². The van der Waals surface area contributed by atoms with Crippen molar-refractivity contribution in [2.75, 3.05) is 17.6 Å². The minimum absolute atomic E-state index is 0.711. The monoisotopic (exact) mass is 296 g/mol. The van der Waals surface area contributed by atoms with Crippen LogP contribution in [0, 0.1) is 13.8 Å². The van der Waals surface area contributed by atoms with E-state index in [-0.39, 0.29) is 0 Å². The number of rotatable bonds is 4. The van der Waals surface area contributed by atoms with Gasteiger partial charge in [-0.2, -0.15) is 0 Å². The molecule has 5 heteroatoms. The van der Waals surface area contributed by atoms with Crippen molar-refractivity contribution < 1.29 is 4.57 Å². The quantitative estimate of drug-likeness (QED) is 0.724. The van der Waals surface area contributed by atoms with Crippen LogP contribution < -0.4 is 15.6 Å². The molecule has 0 bridgehead atoms. The Balaban J connectivity index is 1.75. The zero-order chi connectivity index (χ0) is 15.7. The van der Waals surface area contributed by atoms with Gasteiger partial charge in [-0.05, 0) is 37.5 Å². The number of aryl methyl sites for hydroxylation is 3. The molecule has 0 radical (unpaired) electrons. The second kappa shape index (κ2) is 5.67. The average Bonchev–Trinajstić information content (AvgIpc) is 2.83. The van der Waals surface area contributed by atoms with Crippen molar-refractivity contribution in [2.45, 2.75) is 20.3 Å². The highest BCUT2D eigenvalue weighted by Gasteiger charge is 2.11. The van der Waals surface area contributed by atoms with Crippen molar-refractivity contribution in [1.29, 1.82) is 0 Å². The Morgan fingerprint density at radius 2 is 1.91 bits per heavy atom. The van der Waals surface area contributed by atoms with Gasteiger partial charge in [-0.1, -0.05) is 6.07 Å². The van der Waals surface area contributed by atoms with Gasteiger partial charge >= 0.3 is 0 Å². The first kappa shape index (κ1) is 14.4. The van der Waals surface area contributed by atoms with Crippen LogP contribution in [0.2, 0.25) is 0 Å². The molecule has 0 fully saturated rings. The van der Waals surface area contributed by atoms with Crippen molar-refractivity contribution >= 4 is 17.0 Å². The van der Waals surface area contributed by atoms with Crippen LogP contribution in [-0.2, 0) is 13.5 Å². The molecule has 5 nitrogen and oxygen atoms in total. The SMILES string of the molecule is Cc1ccc2c(N)c(NCCc3cc[n+](C)cc3)nn2c1C. The van der Waals surface area contributed by atoms with Gasteiger partial charge in [0.05, 0.1) is 5.52 Å². The third-order valence-electron chi connectivity index (χ3n) is 4.09. The fraction of sp³-hybridized carbons (Fsp3) is 0.294. The number of nitrogens with two attached hydrogens (primary N) is 1. The topological polar surface area (TPSA) is 59.2 Å². The van der Waals surface area contributed by atoms with E-state index in [0.717, 1.165) is 30.0 Å². The zero-order valence-corrected chi connectivity index (χ0v) is 13.3. The number of hydrogen-bond acceptors (Lipinski definition) is 3. The van der Waals surface area contributed by atoms with Crippen molar-refractivity contribution in [3.05, 3.63) is 53.5 Å². The molecular formula is C17H22N5+. The maximum atomic E-state index is 6.21. The van der Waals surface area contributed by atoms with Crippen LogP contribution in [0.4, 0.5) is 11.5 Å². The number of fused-ring (bicyclic) bond motifs is 1. The maximum absolute atomic E-state index is 6.21. The molecule has 0 unspecified atom stereocenters. The molecule has 0 aliphatic carbocycles. The van der Waals surface area contributed by atoms with Crippen molar-refractivity contribution in [1.82, 2.24) is 9.61 Å². The predicted molar refractivity (Wildman–Crippen MR) is 88.9 cm³/mol. The van der Waals surface area contributed by atoms with Gasteiger partial charge < -0.3 is 11.1 Å². The Hall–Kier alpha value is -2.56. The summed E-state index contributed by atoms with van der Waals surface area (Å²) in [7, 11) is 2.02. The van der Waals surface area contributed by atoms with Gasteiger partial charge in [0.25, 0.3) is 0 Å². The summed E-state index contributed by atoms with van der Waals surface area (Å²) in [6, 6.07) is 8.36. The van der Waals surface area contributed by atoms with Crippen LogP contribution in [-0.4, -0.2) is 16.2 Å². The van der Waals surface area contributed by atoms with Crippen LogP contribution in [0.1, 0.15) is 16.8 Å². The lowest BCUT2D eigenvalue weighted by molar-refractivity contribution is -0.671. The molecule has 114 valence electrons. The third kappa shape index (κ3) is 2.62. The van der Waals surface area contributed by atoms with Gasteiger partial charge in [0, 0.05) is 24.4 Å². The van der Waals surface area contributed by atoms with Gasteiger partial charge in [-0.3, -0.25) is 0 Å². The minimum Gasteiger partial charge on any atom is -0.394 e. The van der Waals surface area contributed by atoms with Crippen molar-refractivity contribution in [2.24, 2.45) is 7.05 Å². The second-order valence-electron chi connectivity index (χ2n) is 5.71. The lowest BCUT2D eigenvalue weighted by Crippen LogP contribution is -2.26. The fourth-order valence-corrected chi connectivity index (χ4v) is 2.51. The van der Waals surface area contributed by atoms with E-state index in [2.05, 4.69) is 54.9 Å². The molecule has 0 spiro atoms. The summed E-state index contributed by atoms with van der Waals surface area (Å²) in [5.41, 5.74) is 11.5. The Kier molecular flexibility index (Phi) is 3.71. The molecule has 3 aromatic rings. The number of aromatic nitrogens is 3. The second-order valence-corrected chi connectivity index (χ2v) is 5.71. The summed E-state index contributed by atoms with van der Waals surface area (Å²) >= 11 is 0. The van der Waals surface area contributed by atoms with Crippen LogP contribution in [0.5, 0.6) is 0 Å². The lowest BCUT2D eigenvalue weighted by Gasteiger charge is -2.03. The molecule has 0 atom stereocenters. The summed E-state index contributed by atoms with van der Waals surface area (Å²) in [5.74, 6) is 0.759. The van der Waals surface area contributed by atoms with Gasteiger partial charge in [0.1, 0.15) is 12.7 Å². The molecule has 0 saturated heterocycles. The molecule has 3 N–H and O–H groups in total. The first-order chi connectivity index (χ1) is 10.6. The molecule has 0 amide bonds. The van der Waals surface area contributed by atoms with E-state index in [9.17, 15) is 0 Å². The van der Waals surface area contributed by atoms with E-state index in [1.54, 1.807) is 0 Å². The van der Waals surface area contributed by atoms with Gasteiger partial charge in [-0.25, -0.2) is 9.08 Å². The highest BCUT2D eigenvalue weighted by atomic mass is 15.3. The Labute approximate surface area is 130 Å². The van der Waals surface area contributed by atoms with Crippen LogP contribution in [0.3, 0.4) is 0 Å². The van der Waals surface area contributed by atoms with Crippen LogP contribution in [0.15, 0.2) is 36.7 Å². The van der Waals surface area contributed by atoms with E-state index < -0.39 is 0 Å². The molecule has 0 aliphatic rings. The molecule has 0 aromatic carbocycles. The highest BCUT2D eigenvalue weighted by Crippen LogP contribution is 2.25. The molecule has 0 saturated carbocycles. The fourth-order valence-electron chi connectivity index (χ4n) is 2.51. The Morgan fingerprint density at radius 1 is 1.18 bits per heavy atom. The average molecular weight is 296 g/mol. The predicted octanol–water partition coefficient (Wildman–Crippen LogP) is 2.01. The van der Waals surface area contributed by atoms with E-state index in [4.69, 9.17) is 5.73 Å². The van der Waals surface area contributed by atoms with Crippen LogP contribution >= 0.6 is 0 Å². The minimum atomic E-state index is 0.711. The molecule has 3 heterocycles. The first-order valence-corrected chi connectivity index (χ1v) is 7.48. The van der Waals surface area contributed by atoms with Crippen molar-refractivity contribution in [3.63, 3.8) is 0 Å². The largest absolute Gasteiger partial charge is 0.394 e. The summed E-state index contributed by atoms with van der Waals surface area (Å²) in [6.45, 7) is 4.94. The number of nitrogen functional groups attached to an aromatic ring is 1. The number of nitrogens with zero attached hydrogens (tertiary/aromatic N) is 3. The molecule has 3 rings (SSSR count).